The van der Waals surface area contributed by atoms with Gasteiger partial charge in [0.15, 0.2) is 0 Å². The second-order valence-electron chi connectivity index (χ2n) is 3.93. The molecule has 0 aromatic rings. The van der Waals surface area contributed by atoms with E-state index in [2.05, 4.69) is 5.32 Å². The number of piperidine rings is 1. The van der Waals surface area contributed by atoms with Crippen molar-refractivity contribution >= 4 is 5.91 Å². The van der Waals surface area contributed by atoms with E-state index in [1.165, 1.54) is 0 Å². The van der Waals surface area contributed by atoms with Gasteiger partial charge in [0.05, 0.1) is 0 Å². The van der Waals surface area contributed by atoms with Crippen LogP contribution in [0.25, 0.3) is 0 Å². The van der Waals surface area contributed by atoms with E-state index in [1.807, 2.05) is 18.7 Å². The molecule has 4 heteroatoms. The highest BCUT2D eigenvalue weighted by molar-refractivity contribution is 5.85. The van der Waals surface area contributed by atoms with Gasteiger partial charge >= 0.3 is 0 Å². The third-order valence-electron chi connectivity index (χ3n) is 3.24. The first-order valence-corrected chi connectivity index (χ1v) is 5.75. The van der Waals surface area contributed by atoms with Gasteiger partial charge in [-0.25, -0.2) is 0 Å². The number of hydrogen-bond donors (Lipinski definition) is 1. The first-order chi connectivity index (χ1) is 7.20. The average Bonchev–Trinajstić information content (AvgIpc) is 2.31. The molecule has 0 atom stereocenters. The largest absolute Gasteiger partial charge is 0.368 e. The lowest BCUT2D eigenvalue weighted by atomic mass is 9.90. The van der Waals surface area contributed by atoms with Gasteiger partial charge in [-0.2, -0.15) is 0 Å². The molecule has 0 saturated carbocycles. The molecule has 1 fully saturated rings. The number of ether oxygens (including phenoxy) is 1. The maximum absolute atomic E-state index is 12.3. The van der Waals surface area contributed by atoms with Crippen LogP contribution < -0.4 is 5.32 Å². The van der Waals surface area contributed by atoms with Gasteiger partial charge in [0.25, 0.3) is 5.91 Å². The SMILES string of the molecule is CCN(CC)C(=O)C1(OC)CCNCC1. The first-order valence-electron chi connectivity index (χ1n) is 5.75. The zero-order valence-electron chi connectivity index (χ0n) is 10.0. The Bertz CT molecular complexity index is 209. The molecule has 1 saturated heterocycles. The quantitative estimate of drug-likeness (QED) is 0.746. The number of methoxy groups -OCH3 is 1. The maximum atomic E-state index is 12.3. The van der Waals surface area contributed by atoms with Crippen LogP contribution in [0.15, 0.2) is 0 Å². The van der Waals surface area contributed by atoms with Crippen molar-refractivity contribution in [1.29, 1.82) is 0 Å². The van der Waals surface area contributed by atoms with Crippen molar-refractivity contribution in [1.82, 2.24) is 10.2 Å². The summed E-state index contributed by atoms with van der Waals surface area (Å²) in [5.41, 5.74) is -0.572. The third-order valence-corrected chi connectivity index (χ3v) is 3.24. The van der Waals surface area contributed by atoms with Crippen molar-refractivity contribution in [2.45, 2.75) is 32.3 Å². The second-order valence-corrected chi connectivity index (χ2v) is 3.93. The van der Waals surface area contributed by atoms with E-state index < -0.39 is 5.60 Å². The minimum atomic E-state index is -0.572. The smallest absolute Gasteiger partial charge is 0.254 e. The predicted molar refractivity (Wildman–Crippen MR) is 59.8 cm³/mol. The highest BCUT2D eigenvalue weighted by atomic mass is 16.5. The standard InChI is InChI=1S/C11H22N2O2/c1-4-13(5-2)10(14)11(15-3)6-8-12-9-7-11/h12H,4-9H2,1-3H3. The number of nitrogens with one attached hydrogen (secondary N) is 1. The van der Waals surface area contributed by atoms with Crippen LogP contribution in [0, 0.1) is 0 Å². The van der Waals surface area contributed by atoms with E-state index in [0.717, 1.165) is 39.0 Å². The lowest BCUT2D eigenvalue weighted by Crippen LogP contribution is -2.55. The Hall–Kier alpha value is -0.610. The first kappa shape index (κ1) is 12.5. The fourth-order valence-corrected chi connectivity index (χ4v) is 2.13. The number of carbonyl (C=O) groups is 1. The molecule has 1 amide bonds. The number of hydrogen-bond acceptors (Lipinski definition) is 3. The summed E-state index contributed by atoms with van der Waals surface area (Å²) in [6.07, 6.45) is 1.55. The summed E-state index contributed by atoms with van der Waals surface area (Å²) in [6.45, 7) is 7.25. The summed E-state index contributed by atoms with van der Waals surface area (Å²) < 4.78 is 5.49. The van der Waals surface area contributed by atoms with Crippen molar-refractivity contribution in [2.24, 2.45) is 0 Å². The minimum Gasteiger partial charge on any atom is -0.368 e. The molecule has 15 heavy (non-hydrogen) atoms. The van der Waals surface area contributed by atoms with Crippen LogP contribution in [0.2, 0.25) is 0 Å². The fourth-order valence-electron chi connectivity index (χ4n) is 2.13. The Morgan fingerprint density at radius 3 is 2.27 bits per heavy atom. The van der Waals surface area contributed by atoms with Crippen molar-refractivity contribution in [3.8, 4) is 0 Å². The monoisotopic (exact) mass is 214 g/mol. The number of rotatable bonds is 4. The third kappa shape index (κ3) is 2.49. The summed E-state index contributed by atoms with van der Waals surface area (Å²) >= 11 is 0. The number of amides is 1. The van der Waals surface area contributed by atoms with Gasteiger partial charge in [0, 0.05) is 20.2 Å². The molecular weight excluding hydrogens is 192 g/mol. The van der Waals surface area contributed by atoms with E-state index in [0.29, 0.717) is 0 Å². The zero-order valence-corrected chi connectivity index (χ0v) is 10.0. The highest BCUT2D eigenvalue weighted by Crippen LogP contribution is 2.24. The zero-order chi connectivity index (χ0) is 11.3. The van der Waals surface area contributed by atoms with Gasteiger partial charge in [0.1, 0.15) is 5.60 Å². The molecule has 88 valence electrons. The van der Waals surface area contributed by atoms with Crippen LogP contribution in [0.3, 0.4) is 0 Å². The molecule has 0 spiro atoms. The van der Waals surface area contributed by atoms with Crippen LogP contribution in [0.1, 0.15) is 26.7 Å². The summed E-state index contributed by atoms with van der Waals surface area (Å²) in [5.74, 6) is 0.150. The van der Waals surface area contributed by atoms with E-state index in [9.17, 15) is 4.79 Å². The number of carbonyl (C=O) groups excluding carboxylic acids is 1. The van der Waals surface area contributed by atoms with Gasteiger partial charge in [0.2, 0.25) is 0 Å². The molecule has 1 heterocycles. The Labute approximate surface area is 92.0 Å². The molecule has 0 aromatic carbocycles. The van der Waals surface area contributed by atoms with Crippen LogP contribution in [0.4, 0.5) is 0 Å². The van der Waals surface area contributed by atoms with Gasteiger partial charge in [-0.3, -0.25) is 4.79 Å². The highest BCUT2D eigenvalue weighted by Gasteiger charge is 2.41. The summed E-state index contributed by atoms with van der Waals surface area (Å²) in [6, 6.07) is 0. The molecule has 0 aromatic heterocycles. The Kier molecular flexibility index (Phi) is 4.54. The van der Waals surface area contributed by atoms with Gasteiger partial charge in [-0.15, -0.1) is 0 Å². The molecule has 1 rings (SSSR count). The normalized spacial score (nSPS) is 19.9. The van der Waals surface area contributed by atoms with Crippen LogP contribution >= 0.6 is 0 Å². The summed E-state index contributed by atoms with van der Waals surface area (Å²) in [5, 5.41) is 3.25. The molecule has 0 radical (unpaired) electrons. The lowest BCUT2D eigenvalue weighted by Gasteiger charge is -2.38. The average molecular weight is 214 g/mol. The Morgan fingerprint density at radius 1 is 1.33 bits per heavy atom. The van der Waals surface area contributed by atoms with Crippen molar-refractivity contribution < 1.29 is 9.53 Å². The van der Waals surface area contributed by atoms with Crippen molar-refractivity contribution in [2.75, 3.05) is 33.3 Å². The van der Waals surface area contributed by atoms with Gasteiger partial charge in [-0.05, 0) is 39.8 Å². The maximum Gasteiger partial charge on any atom is 0.254 e. The Balaban J connectivity index is 2.75. The second kappa shape index (κ2) is 5.47. The van der Waals surface area contributed by atoms with Gasteiger partial charge in [-0.1, -0.05) is 0 Å². The van der Waals surface area contributed by atoms with E-state index in [1.54, 1.807) is 7.11 Å². The van der Waals surface area contributed by atoms with E-state index in [-0.39, 0.29) is 5.91 Å². The molecule has 4 nitrogen and oxygen atoms in total. The predicted octanol–water partition coefficient (Wildman–Crippen LogP) is 0.623. The van der Waals surface area contributed by atoms with E-state index >= 15 is 0 Å². The molecule has 0 aliphatic carbocycles. The van der Waals surface area contributed by atoms with Crippen LogP contribution in [-0.4, -0.2) is 49.7 Å². The molecule has 0 bridgehead atoms. The summed E-state index contributed by atoms with van der Waals surface area (Å²) in [4.78, 5) is 14.1. The molecule has 1 aliphatic heterocycles. The molecular formula is C11H22N2O2. The van der Waals surface area contributed by atoms with Crippen molar-refractivity contribution in [3.63, 3.8) is 0 Å². The molecule has 1 aliphatic rings. The summed E-state index contributed by atoms with van der Waals surface area (Å²) in [7, 11) is 1.65. The minimum absolute atomic E-state index is 0.150. The van der Waals surface area contributed by atoms with Crippen LogP contribution in [-0.2, 0) is 9.53 Å². The van der Waals surface area contributed by atoms with E-state index in [4.69, 9.17) is 4.74 Å². The number of likely N-dealkylation sites (N-methyl/N-ethyl adjacent to an activating group) is 1. The molecule has 1 N–H and O–H groups in total. The van der Waals surface area contributed by atoms with Gasteiger partial charge < -0.3 is 15.0 Å². The molecule has 0 unspecified atom stereocenters. The fraction of sp³-hybridized carbons (Fsp3) is 0.909. The lowest BCUT2D eigenvalue weighted by molar-refractivity contribution is -0.157. The van der Waals surface area contributed by atoms with Crippen molar-refractivity contribution in [3.05, 3.63) is 0 Å². The topological polar surface area (TPSA) is 41.6 Å². The Morgan fingerprint density at radius 2 is 1.87 bits per heavy atom. The number of nitrogens with zero attached hydrogens (tertiary/aromatic N) is 1. The van der Waals surface area contributed by atoms with Crippen LogP contribution in [0.5, 0.6) is 0 Å².